The topological polar surface area (TPSA) is 15.0 Å². The lowest BCUT2D eigenvalue weighted by Crippen LogP contribution is -2.27. The van der Waals surface area contributed by atoms with Crippen LogP contribution >= 0.6 is 8.07 Å². The molecule has 1 N–H and O–H groups in total. The van der Waals surface area contributed by atoms with E-state index in [-0.39, 0.29) is 8.07 Å². The van der Waals surface area contributed by atoms with Crippen LogP contribution < -0.4 is 5.32 Å². The van der Waals surface area contributed by atoms with Gasteiger partial charge in [0.15, 0.2) is 0 Å². The third kappa shape index (κ3) is 5.42. The van der Waals surface area contributed by atoms with Crippen LogP contribution in [0.1, 0.15) is 64.2 Å². The molecule has 0 unspecified atom stereocenters. The number of hydrogen-bond acceptors (Lipinski definition) is 0. The van der Waals surface area contributed by atoms with Crippen LogP contribution in [0.25, 0.3) is 0 Å². The quantitative estimate of drug-likeness (QED) is 0.328. The Kier molecular flexibility index (Phi) is 7.62. The summed E-state index contributed by atoms with van der Waals surface area (Å²) in [7, 11) is 1.96. The van der Waals surface area contributed by atoms with Gasteiger partial charge in [0.2, 0.25) is 0 Å². The lowest BCUT2D eigenvalue weighted by atomic mass is 10.0. The molecular formula is C24H36N2P+. The van der Waals surface area contributed by atoms with Gasteiger partial charge in [0.05, 0.1) is 20.7 Å². The van der Waals surface area contributed by atoms with Gasteiger partial charge in [0.25, 0.3) is 5.84 Å². The molecule has 2 rings (SSSR count). The highest BCUT2D eigenvalue weighted by molar-refractivity contribution is 7.52. The Balaban J connectivity index is 2.60. The molecule has 0 bridgehead atoms. The van der Waals surface area contributed by atoms with Gasteiger partial charge < -0.3 is 0 Å². The van der Waals surface area contributed by atoms with Crippen LogP contribution in [0, 0.1) is 6.92 Å². The molecule has 27 heavy (non-hydrogen) atoms. The first-order valence-corrected chi connectivity index (χ1v) is 11.5. The number of anilines is 1. The van der Waals surface area contributed by atoms with Gasteiger partial charge in [0, 0.05) is 16.9 Å². The standard InChI is InChI=1S/C24H35N2P/c1-17(2)22-11-9-10-12-23(22)25-24(21-15-13-20(7)14-16-21)26(8)27(18(3)4)19(5)6/h9-19H,1-8H3/p+1. The average Bonchev–Trinajstić information content (AvgIpc) is 2.60. The molecule has 0 radical (unpaired) electrons. The van der Waals surface area contributed by atoms with Crippen molar-refractivity contribution in [2.24, 2.45) is 0 Å². The summed E-state index contributed by atoms with van der Waals surface area (Å²) >= 11 is 0. The van der Waals surface area contributed by atoms with Gasteiger partial charge in [-0.2, -0.15) is 0 Å². The summed E-state index contributed by atoms with van der Waals surface area (Å²) in [6, 6.07) is 17.6. The van der Waals surface area contributed by atoms with Gasteiger partial charge in [-0.1, -0.05) is 77.4 Å². The summed E-state index contributed by atoms with van der Waals surface area (Å²) < 4.78 is 2.51. The molecule has 2 aromatic carbocycles. The number of benzene rings is 2. The molecule has 2 aromatic rings. The molecule has 146 valence electrons. The van der Waals surface area contributed by atoms with E-state index in [0.29, 0.717) is 17.2 Å². The number of rotatable bonds is 6. The molecule has 0 amide bonds. The van der Waals surface area contributed by atoms with Crippen LogP contribution in [0.2, 0.25) is 0 Å². The van der Waals surface area contributed by atoms with E-state index in [2.05, 4.69) is 114 Å². The van der Waals surface area contributed by atoms with E-state index in [9.17, 15) is 0 Å². The monoisotopic (exact) mass is 383 g/mol. The highest BCUT2D eigenvalue weighted by atomic mass is 31.1. The second-order valence-corrected chi connectivity index (χ2v) is 11.6. The van der Waals surface area contributed by atoms with Crippen LogP contribution in [0.15, 0.2) is 48.5 Å². The van der Waals surface area contributed by atoms with Gasteiger partial charge in [-0.25, -0.2) is 9.66 Å². The minimum absolute atomic E-state index is 0.298. The summed E-state index contributed by atoms with van der Waals surface area (Å²) in [6.07, 6.45) is 0. The molecule has 0 saturated heterocycles. The maximum absolute atomic E-state index is 3.81. The maximum Gasteiger partial charge on any atom is 0.284 e. The third-order valence-corrected chi connectivity index (χ3v) is 7.90. The number of aryl methyl sites for hydroxylation is 1. The van der Waals surface area contributed by atoms with Crippen molar-refractivity contribution in [3.8, 4) is 0 Å². The zero-order chi connectivity index (χ0) is 20.1. The van der Waals surface area contributed by atoms with E-state index in [1.807, 2.05) is 0 Å². The molecule has 0 atom stereocenters. The summed E-state index contributed by atoms with van der Waals surface area (Å²) in [5.41, 5.74) is 6.36. The lowest BCUT2D eigenvalue weighted by molar-refractivity contribution is -0.326. The third-order valence-electron chi connectivity index (χ3n) is 4.89. The van der Waals surface area contributed by atoms with Crippen molar-refractivity contribution in [1.82, 2.24) is 0 Å². The molecule has 0 aliphatic heterocycles. The Morgan fingerprint density at radius 3 is 1.93 bits per heavy atom. The number of para-hydroxylation sites is 1. The Morgan fingerprint density at radius 1 is 0.852 bits per heavy atom. The molecule has 0 aromatic heterocycles. The number of hydrogen-bond donors (Lipinski definition) is 1. The van der Waals surface area contributed by atoms with Crippen LogP contribution in [0.4, 0.5) is 5.69 Å². The number of nitrogens with one attached hydrogen (secondary N) is 1. The van der Waals surface area contributed by atoms with Gasteiger partial charge in [-0.05, 0) is 31.0 Å². The summed E-state index contributed by atoms with van der Waals surface area (Å²) in [6.45, 7) is 16.0. The number of nitrogens with zero attached hydrogens (tertiary/aromatic N) is 1. The maximum atomic E-state index is 3.81. The highest BCUT2D eigenvalue weighted by Gasteiger charge is 2.28. The predicted octanol–water partition coefficient (Wildman–Crippen LogP) is 6.83. The van der Waals surface area contributed by atoms with E-state index >= 15 is 0 Å². The Hall–Kier alpha value is -1.66. The molecule has 3 heteroatoms. The van der Waals surface area contributed by atoms with Gasteiger partial charge in [-0.3, -0.25) is 0 Å². The fourth-order valence-corrected chi connectivity index (χ4v) is 6.67. The highest BCUT2D eigenvalue weighted by Crippen LogP contribution is 2.46. The van der Waals surface area contributed by atoms with Crippen molar-refractivity contribution in [2.45, 2.75) is 65.7 Å². The summed E-state index contributed by atoms with van der Waals surface area (Å²) in [5.74, 6) is 1.69. The van der Waals surface area contributed by atoms with Crippen LogP contribution in [0.3, 0.4) is 0 Å². The first-order chi connectivity index (χ1) is 12.7. The van der Waals surface area contributed by atoms with Crippen molar-refractivity contribution in [1.29, 1.82) is 0 Å². The van der Waals surface area contributed by atoms with Gasteiger partial charge in [0.1, 0.15) is 5.69 Å². The molecule has 0 fully saturated rings. The molecule has 0 aliphatic rings. The summed E-state index contributed by atoms with van der Waals surface area (Å²) in [5, 5.41) is 3.81. The molecule has 0 saturated carbocycles. The normalized spacial score (nSPS) is 12.9. The van der Waals surface area contributed by atoms with Crippen LogP contribution in [-0.4, -0.2) is 28.5 Å². The number of amidine groups is 1. The zero-order valence-electron chi connectivity index (χ0n) is 18.2. The summed E-state index contributed by atoms with van der Waals surface area (Å²) in [4.78, 5) is 0. The minimum atomic E-state index is -0.298. The Labute approximate surface area is 167 Å². The second-order valence-electron chi connectivity index (χ2n) is 8.17. The van der Waals surface area contributed by atoms with E-state index in [4.69, 9.17) is 0 Å². The van der Waals surface area contributed by atoms with E-state index < -0.39 is 0 Å². The van der Waals surface area contributed by atoms with Crippen molar-refractivity contribution in [2.75, 3.05) is 12.4 Å². The molecule has 0 aliphatic carbocycles. The lowest BCUT2D eigenvalue weighted by Gasteiger charge is -2.25. The van der Waals surface area contributed by atoms with E-state index in [0.717, 1.165) is 0 Å². The van der Waals surface area contributed by atoms with Crippen molar-refractivity contribution < 1.29 is 4.35 Å². The molecule has 0 heterocycles. The average molecular weight is 384 g/mol. The van der Waals surface area contributed by atoms with Gasteiger partial charge in [-0.15, -0.1) is 0 Å². The smallest absolute Gasteiger partial charge is 0.245 e. The SMILES string of the molecule is Cc1ccc(C(Nc2ccccc2C(C)C)=[N+](C)P(C(C)C)C(C)C)cc1. The largest absolute Gasteiger partial charge is 0.284 e. The van der Waals surface area contributed by atoms with Crippen molar-refractivity contribution >= 4 is 19.6 Å². The molecule has 2 nitrogen and oxygen atoms in total. The van der Waals surface area contributed by atoms with Crippen molar-refractivity contribution in [3.63, 3.8) is 0 Å². The second kappa shape index (κ2) is 9.51. The molecular weight excluding hydrogens is 347 g/mol. The predicted molar refractivity (Wildman–Crippen MR) is 123 cm³/mol. The minimum Gasteiger partial charge on any atom is -0.245 e. The van der Waals surface area contributed by atoms with Crippen LogP contribution in [0.5, 0.6) is 0 Å². The van der Waals surface area contributed by atoms with Crippen molar-refractivity contribution in [3.05, 3.63) is 65.2 Å². The Bertz CT molecular complexity index is 765. The van der Waals surface area contributed by atoms with Crippen LogP contribution in [-0.2, 0) is 0 Å². The first kappa shape index (κ1) is 21.6. The van der Waals surface area contributed by atoms with E-state index in [1.165, 1.54) is 28.2 Å². The fourth-order valence-electron chi connectivity index (χ4n) is 3.70. The van der Waals surface area contributed by atoms with Gasteiger partial charge >= 0.3 is 0 Å². The molecule has 0 spiro atoms. The fraction of sp³-hybridized carbons (Fsp3) is 0.458. The zero-order valence-corrected chi connectivity index (χ0v) is 19.1. The first-order valence-electron chi connectivity index (χ1n) is 10.0. The van der Waals surface area contributed by atoms with E-state index in [1.54, 1.807) is 0 Å². The Morgan fingerprint density at radius 2 is 1.41 bits per heavy atom.